The molecular formula is C27H35N3O3. The van der Waals surface area contributed by atoms with Crippen LogP contribution < -0.4 is 16.4 Å². The van der Waals surface area contributed by atoms with Gasteiger partial charge in [0, 0.05) is 35.3 Å². The summed E-state index contributed by atoms with van der Waals surface area (Å²) < 4.78 is 0. The molecule has 0 heterocycles. The van der Waals surface area contributed by atoms with E-state index in [9.17, 15) is 9.59 Å². The molecule has 0 aliphatic rings. The summed E-state index contributed by atoms with van der Waals surface area (Å²) in [4.78, 5) is 24.5. The molecule has 0 saturated carbocycles. The summed E-state index contributed by atoms with van der Waals surface area (Å²) in [6, 6.07) is 13.9. The second-order valence-corrected chi connectivity index (χ2v) is 10.0. The van der Waals surface area contributed by atoms with Crippen LogP contribution in [0.1, 0.15) is 61.7 Å². The molecule has 2 aromatic carbocycles. The van der Waals surface area contributed by atoms with Crippen LogP contribution in [0.2, 0.25) is 0 Å². The van der Waals surface area contributed by atoms with Crippen LogP contribution in [-0.2, 0) is 11.3 Å². The number of carbonyl (C=O) groups excluding carboxylic acids is 2. The second-order valence-electron chi connectivity index (χ2n) is 10.0. The topological polar surface area (TPSA) is 104 Å². The summed E-state index contributed by atoms with van der Waals surface area (Å²) in [5, 5.41) is 15.2. The number of aliphatic hydroxyl groups excluding tert-OH is 1. The van der Waals surface area contributed by atoms with Gasteiger partial charge in [-0.2, -0.15) is 0 Å². The molecule has 0 fully saturated rings. The van der Waals surface area contributed by atoms with E-state index in [-0.39, 0.29) is 5.41 Å². The van der Waals surface area contributed by atoms with Crippen LogP contribution in [0, 0.1) is 17.3 Å². The van der Waals surface area contributed by atoms with Gasteiger partial charge in [-0.15, -0.1) is 0 Å². The van der Waals surface area contributed by atoms with Crippen molar-refractivity contribution < 1.29 is 14.7 Å². The van der Waals surface area contributed by atoms with Gasteiger partial charge in [0.15, 0.2) is 5.78 Å². The smallest absolute Gasteiger partial charge is 0.251 e. The molecule has 33 heavy (non-hydrogen) atoms. The van der Waals surface area contributed by atoms with Gasteiger partial charge in [0.2, 0.25) is 0 Å². The maximum Gasteiger partial charge on any atom is 0.251 e. The van der Waals surface area contributed by atoms with Crippen LogP contribution in [-0.4, -0.2) is 41.5 Å². The molecule has 0 saturated heterocycles. The zero-order chi connectivity index (χ0) is 24.6. The second kappa shape index (κ2) is 11.2. The van der Waals surface area contributed by atoms with E-state index in [1.165, 1.54) is 5.56 Å². The third-order valence-corrected chi connectivity index (χ3v) is 4.93. The fraction of sp³-hybridized carbons (Fsp3) is 0.407. The largest absolute Gasteiger partial charge is 0.388 e. The zero-order valence-electron chi connectivity index (χ0n) is 20.2. The van der Waals surface area contributed by atoms with E-state index in [0.29, 0.717) is 5.56 Å². The van der Waals surface area contributed by atoms with Gasteiger partial charge < -0.3 is 21.5 Å². The summed E-state index contributed by atoms with van der Waals surface area (Å²) in [5.41, 5.74) is 8.50. The first-order valence-corrected chi connectivity index (χ1v) is 11.0. The molecule has 0 unspecified atom stereocenters. The minimum atomic E-state index is -1.00. The third kappa shape index (κ3) is 8.82. The Labute approximate surface area is 197 Å². The molecule has 0 bridgehead atoms. The van der Waals surface area contributed by atoms with Gasteiger partial charge in [-0.1, -0.05) is 44.7 Å². The van der Waals surface area contributed by atoms with E-state index in [0.717, 1.165) is 24.2 Å². The Kier molecular flexibility index (Phi) is 8.95. The number of rotatable bonds is 8. The van der Waals surface area contributed by atoms with Crippen molar-refractivity contribution >= 4 is 11.7 Å². The van der Waals surface area contributed by atoms with E-state index in [2.05, 4.69) is 55.4 Å². The number of aliphatic hydroxyl groups is 1. The van der Waals surface area contributed by atoms with Crippen LogP contribution >= 0.6 is 0 Å². The normalized spacial score (nSPS) is 12.5. The number of ketones is 1. The molecule has 176 valence electrons. The Morgan fingerprint density at radius 3 is 1.91 bits per heavy atom. The Morgan fingerprint density at radius 1 is 0.939 bits per heavy atom. The van der Waals surface area contributed by atoms with E-state index in [1.54, 1.807) is 38.1 Å². The minimum Gasteiger partial charge on any atom is -0.388 e. The predicted molar refractivity (Wildman–Crippen MR) is 132 cm³/mol. The van der Waals surface area contributed by atoms with Crippen LogP contribution in [0.4, 0.5) is 0 Å². The van der Waals surface area contributed by atoms with Crippen molar-refractivity contribution in [3.05, 3.63) is 70.8 Å². The fourth-order valence-electron chi connectivity index (χ4n) is 3.12. The average Bonchev–Trinajstić information content (AvgIpc) is 2.75. The summed E-state index contributed by atoms with van der Waals surface area (Å²) >= 11 is 0. The highest BCUT2D eigenvalue weighted by atomic mass is 16.3. The number of amides is 1. The van der Waals surface area contributed by atoms with Crippen LogP contribution in [0.25, 0.3) is 0 Å². The fourth-order valence-corrected chi connectivity index (χ4v) is 3.12. The van der Waals surface area contributed by atoms with Crippen molar-refractivity contribution in [1.29, 1.82) is 0 Å². The van der Waals surface area contributed by atoms with E-state index in [1.807, 2.05) is 12.1 Å². The van der Waals surface area contributed by atoms with E-state index < -0.39 is 29.9 Å². The summed E-state index contributed by atoms with van der Waals surface area (Å²) in [7, 11) is 0. The summed E-state index contributed by atoms with van der Waals surface area (Å²) in [6.07, 6.45) is 0. The maximum atomic E-state index is 12.5. The first kappa shape index (κ1) is 26.3. The lowest BCUT2D eigenvalue weighted by molar-refractivity contribution is -0.124. The first-order chi connectivity index (χ1) is 15.4. The van der Waals surface area contributed by atoms with Gasteiger partial charge in [-0.3, -0.25) is 9.59 Å². The van der Waals surface area contributed by atoms with Crippen molar-refractivity contribution in [2.45, 2.75) is 52.7 Å². The summed E-state index contributed by atoms with van der Waals surface area (Å²) in [5.74, 6) is 5.26. The molecular weight excluding hydrogens is 414 g/mol. The van der Waals surface area contributed by atoms with Crippen LogP contribution in [0.15, 0.2) is 48.5 Å². The quantitative estimate of drug-likeness (QED) is 0.464. The Balaban J connectivity index is 1.99. The van der Waals surface area contributed by atoms with Gasteiger partial charge in [0.1, 0.15) is 12.6 Å². The standard InChI is InChI=1S/C27H35N3O3/c1-26(2,3)18-29-16-21-10-8-19(9-11-21)6-7-20-12-14-22(15-13-20)25(33)30-24(23(32)17-31)27(4,5)28/h8-15,24,29,31H,16-18,28H2,1-5H3,(H,30,33)/t24-/m1/s1. The number of nitrogens with two attached hydrogens (primary N) is 1. The van der Waals surface area contributed by atoms with Crippen molar-refractivity contribution in [2.75, 3.05) is 13.2 Å². The van der Waals surface area contributed by atoms with Crippen LogP contribution in [0.5, 0.6) is 0 Å². The van der Waals surface area contributed by atoms with E-state index in [4.69, 9.17) is 10.8 Å². The van der Waals surface area contributed by atoms with Crippen molar-refractivity contribution in [3.8, 4) is 11.8 Å². The van der Waals surface area contributed by atoms with Gasteiger partial charge >= 0.3 is 0 Å². The molecule has 5 N–H and O–H groups in total. The molecule has 0 aromatic heterocycles. The predicted octanol–water partition coefficient (Wildman–Crippen LogP) is 2.62. The number of carbonyl (C=O) groups is 2. The van der Waals surface area contributed by atoms with Crippen LogP contribution in [0.3, 0.4) is 0 Å². The third-order valence-electron chi connectivity index (χ3n) is 4.93. The molecule has 6 nitrogen and oxygen atoms in total. The van der Waals surface area contributed by atoms with Gasteiger partial charge in [0.25, 0.3) is 5.91 Å². The van der Waals surface area contributed by atoms with Gasteiger partial charge in [-0.25, -0.2) is 0 Å². The Bertz CT molecular complexity index is 1000. The lowest BCUT2D eigenvalue weighted by atomic mass is 9.92. The monoisotopic (exact) mass is 449 g/mol. The number of hydrogen-bond acceptors (Lipinski definition) is 5. The van der Waals surface area contributed by atoms with Crippen molar-refractivity contribution in [2.24, 2.45) is 11.1 Å². The maximum absolute atomic E-state index is 12.5. The molecule has 0 spiro atoms. The van der Waals surface area contributed by atoms with Gasteiger partial charge in [-0.05, 0) is 61.2 Å². The first-order valence-electron chi connectivity index (χ1n) is 11.0. The number of nitrogens with one attached hydrogen (secondary N) is 2. The van der Waals surface area contributed by atoms with Crippen molar-refractivity contribution in [1.82, 2.24) is 10.6 Å². The molecule has 0 radical (unpaired) electrons. The minimum absolute atomic E-state index is 0.251. The molecule has 0 aliphatic carbocycles. The molecule has 2 rings (SSSR count). The van der Waals surface area contributed by atoms with Crippen molar-refractivity contribution in [3.63, 3.8) is 0 Å². The number of Topliss-reactive ketones (excluding diaryl/α,β-unsaturated/α-hetero) is 1. The molecule has 2 aromatic rings. The lowest BCUT2D eigenvalue weighted by Gasteiger charge is -2.29. The highest BCUT2D eigenvalue weighted by Crippen LogP contribution is 2.12. The highest BCUT2D eigenvalue weighted by molar-refractivity contribution is 5.98. The highest BCUT2D eigenvalue weighted by Gasteiger charge is 2.32. The summed E-state index contributed by atoms with van der Waals surface area (Å²) in [6.45, 7) is 10.9. The Hall–Kier alpha value is -2.98. The zero-order valence-corrected chi connectivity index (χ0v) is 20.2. The van der Waals surface area contributed by atoms with E-state index >= 15 is 0 Å². The van der Waals surface area contributed by atoms with Gasteiger partial charge in [0.05, 0.1) is 0 Å². The molecule has 0 aliphatic heterocycles. The lowest BCUT2D eigenvalue weighted by Crippen LogP contribution is -2.59. The number of benzene rings is 2. The molecule has 1 amide bonds. The molecule has 1 atom stereocenters. The average molecular weight is 450 g/mol. The Morgan fingerprint density at radius 2 is 1.45 bits per heavy atom. The molecule has 6 heteroatoms. The number of hydrogen-bond donors (Lipinski definition) is 4. The SMILES string of the molecule is CC(C)(C)CNCc1ccc(C#Cc2ccc(C(=O)N[C@H](C(=O)CO)C(C)(C)N)cc2)cc1.